The Labute approximate surface area is 115 Å². The predicted octanol–water partition coefficient (Wildman–Crippen LogP) is 3.25. The van der Waals surface area contributed by atoms with Crippen molar-refractivity contribution in [2.45, 2.75) is 25.7 Å². The molecule has 0 spiro atoms. The summed E-state index contributed by atoms with van der Waals surface area (Å²) in [6, 6.07) is 7.08. The number of rotatable bonds is 5. The molecule has 0 aliphatic rings. The zero-order valence-electron chi connectivity index (χ0n) is 11.1. The van der Waals surface area contributed by atoms with Crippen LogP contribution >= 0.6 is 0 Å². The van der Waals surface area contributed by atoms with E-state index >= 15 is 0 Å². The fraction of sp³-hybridized carbons (Fsp3) is 0.357. The number of hydrogen-bond donors (Lipinski definition) is 1. The highest BCUT2D eigenvalue weighted by Gasteiger charge is 2.30. The van der Waals surface area contributed by atoms with Gasteiger partial charge in [0.05, 0.1) is 12.1 Å². The zero-order chi connectivity index (χ0) is 14.6. The van der Waals surface area contributed by atoms with Crippen LogP contribution in [0.2, 0.25) is 0 Å². The molecule has 1 unspecified atom stereocenters. The van der Waals surface area contributed by atoms with Crippen molar-refractivity contribution < 1.29 is 13.2 Å². The molecule has 2 aromatic rings. The van der Waals surface area contributed by atoms with Gasteiger partial charge in [-0.3, -0.25) is 4.68 Å². The zero-order valence-corrected chi connectivity index (χ0v) is 11.1. The van der Waals surface area contributed by atoms with Gasteiger partial charge in [0.15, 0.2) is 0 Å². The first-order valence-corrected chi connectivity index (χ1v) is 6.35. The minimum atomic E-state index is -4.28. The maximum atomic E-state index is 12.5. The Balaban J connectivity index is 1.87. The highest BCUT2D eigenvalue weighted by atomic mass is 19.4. The van der Waals surface area contributed by atoms with E-state index in [1.807, 2.05) is 19.2 Å². The molecule has 0 saturated heterocycles. The van der Waals surface area contributed by atoms with Gasteiger partial charge in [0.2, 0.25) is 0 Å². The van der Waals surface area contributed by atoms with Crippen molar-refractivity contribution in [3.63, 3.8) is 0 Å². The molecule has 2 rings (SSSR count). The van der Waals surface area contributed by atoms with E-state index in [-0.39, 0.29) is 6.04 Å². The van der Waals surface area contributed by atoms with Gasteiger partial charge in [0.1, 0.15) is 0 Å². The van der Waals surface area contributed by atoms with Crippen molar-refractivity contribution in [1.29, 1.82) is 0 Å². The highest BCUT2D eigenvalue weighted by molar-refractivity contribution is 5.26. The monoisotopic (exact) mass is 283 g/mol. The lowest BCUT2D eigenvalue weighted by atomic mass is 10.1. The molecule has 0 aliphatic carbocycles. The van der Waals surface area contributed by atoms with Gasteiger partial charge in [0, 0.05) is 25.0 Å². The molecule has 0 bridgehead atoms. The summed E-state index contributed by atoms with van der Waals surface area (Å²) in [5.74, 6) is 0. The fourth-order valence-corrected chi connectivity index (χ4v) is 1.91. The molecule has 1 heterocycles. The van der Waals surface area contributed by atoms with Crippen molar-refractivity contribution in [1.82, 2.24) is 15.1 Å². The van der Waals surface area contributed by atoms with E-state index in [1.54, 1.807) is 10.9 Å². The molecule has 108 valence electrons. The summed E-state index contributed by atoms with van der Waals surface area (Å²) >= 11 is 0. The van der Waals surface area contributed by atoms with Crippen LogP contribution < -0.4 is 5.32 Å². The second-order valence-corrected chi connectivity index (χ2v) is 4.56. The van der Waals surface area contributed by atoms with Crippen LogP contribution in [0.4, 0.5) is 13.2 Å². The van der Waals surface area contributed by atoms with Crippen LogP contribution in [0.25, 0.3) is 0 Å². The molecule has 0 saturated carbocycles. The Morgan fingerprint density at radius 2 is 1.95 bits per heavy atom. The Bertz CT molecular complexity index is 518. The molecule has 0 amide bonds. The van der Waals surface area contributed by atoms with E-state index < -0.39 is 11.7 Å². The largest absolute Gasteiger partial charge is 0.416 e. The van der Waals surface area contributed by atoms with Gasteiger partial charge in [-0.15, -0.1) is 0 Å². The topological polar surface area (TPSA) is 29.9 Å². The average molecular weight is 283 g/mol. The number of benzene rings is 1. The van der Waals surface area contributed by atoms with Gasteiger partial charge < -0.3 is 5.32 Å². The van der Waals surface area contributed by atoms with Gasteiger partial charge in [-0.25, -0.2) is 0 Å². The maximum absolute atomic E-state index is 12.5. The number of hydrogen-bond acceptors (Lipinski definition) is 2. The SMILES string of the molecule is CC(NCCn1cccn1)c1ccc(C(F)(F)F)cc1. The summed E-state index contributed by atoms with van der Waals surface area (Å²) in [6.45, 7) is 3.34. The molecule has 3 nitrogen and oxygen atoms in total. The third-order valence-electron chi connectivity index (χ3n) is 3.09. The van der Waals surface area contributed by atoms with E-state index in [0.717, 1.165) is 24.2 Å². The van der Waals surface area contributed by atoms with Crippen LogP contribution in [0.3, 0.4) is 0 Å². The molecule has 1 aromatic carbocycles. The number of nitrogens with zero attached hydrogens (tertiary/aromatic N) is 2. The molecular formula is C14H16F3N3. The second kappa shape index (κ2) is 6.09. The van der Waals surface area contributed by atoms with Crippen LogP contribution in [0, 0.1) is 0 Å². The lowest BCUT2D eigenvalue weighted by Crippen LogP contribution is -2.23. The summed E-state index contributed by atoms with van der Waals surface area (Å²) in [4.78, 5) is 0. The van der Waals surface area contributed by atoms with Crippen molar-refractivity contribution in [2.24, 2.45) is 0 Å². The lowest BCUT2D eigenvalue weighted by Gasteiger charge is -2.15. The highest BCUT2D eigenvalue weighted by Crippen LogP contribution is 2.29. The summed E-state index contributed by atoms with van der Waals surface area (Å²) in [6.07, 6.45) is -0.709. The standard InChI is InChI=1S/C14H16F3N3/c1-11(18-8-10-20-9-2-7-19-20)12-3-5-13(6-4-12)14(15,16)17/h2-7,9,11,18H,8,10H2,1H3. The summed E-state index contributed by atoms with van der Waals surface area (Å²) in [7, 11) is 0. The first kappa shape index (κ1) is 14.6. The summed E-state index contributed by atoms with van der Waals surface area (Å²) in [5.41, 5.74) is 0.212. The van der Waals surface area contributed by atoms with E-state index in [9.17, 15) is 13.2 Å². The van der Waals surface area contributed by atoms with Crippen molar-refractivity contribution in [2.75, 3.05) is 6.54 Å². The number of alkyl halides is 3. The fourth-order valence-electron chi connectivity index (χ4n) is 1.91. The maximum Gasteiger partial charge on any atom is 0.416 e. The van der Waals surface area contributed by atoms with Crippen LogP contribution in [-0.2, 0) is 12.7 Å². The van der Waals surface area contributed by atoms with Crippen LogP contribution in [0.1, 0.15) is 24.1 Å². The molecule has 0 fully saturated rings. The lowest BCUT2D eigenvalue weighted by molar-refractivity contribution is -0.137. The second-order valence-electron chi connectivity index (χ2n) is 4.56. The number of halogens is 3. The normalized spacial score (nSPS) is 13.4. The molecule has 1 atom stereocenters. The predicted molar refractivity (Wildman–Crippen MR) is 70.1 cm³/mol. The van der Waals surface area contributed by atoms with Gasteiger partial charge in [-0.2, -0.15) is 18.3 Å². The number of nitrogens with one attached hydrogen (secondary N) is 1. The number of aromatic nitrogens is 2. The average Bonchev–Trinajstić information content (AvgIpc) is 2.91. The molecule has 6 heteroatoms. The van der Waals surface area contributed by atoms with Gasteiger partial charge in [-0.1, -0.05) is 12.1 Å². The Morgan fingerprint density at radius 3 is 2.50 bits per heavy atom. The van der Waals surface area contributed by atoms with Gasteiger partial charge in [0.25, 0.3) is 0 Å². The van der Waals surface area contributed by atoms with E-state index in [4.69, 9.17) is 0 Å². The van der Waals surface area contributed by atoms with Crippen molar-refractivity contribution in [3.8, 4) is 0 Å². The van der Waals surface area contributed by atoms with Gasteiger partial charge >= 0.3 is 6.18 Å². The van der Waals surface area contributed by atoms with Crippen LogP contribution in [0.15, 0.2) is 42.7 Å². The first-order chi connectivity index (χ1) is 9.47. The Kier molecular flexibility index (Phi) is 4.44. The van der Waals surface area contributed by atoms with E-state index in [1.165, 1.54) is 12.1 Å². The summed E-state index contributed by atoms with van der Waals surface area (Å²) < 4.78 is 39.2. The Hall–Kier alpha value is -1.82. The Morgan fingerprint density at radius 1 is 1.25 bits per heavy atom. The molecule has 1 N–H and O–H groups in total. The smallest absolute Gasteiger partial charge is 0.308 e. The van der Waals surface area contributed by atoms with Crippen molar-refractivity contribution >= 4 is 0 Å². The van der Waals surface area contributed by atoms with Crippen LogP contribution in [-0.4, -0.2) is 16.3 Å². The van der Waals surface area contributed by atoms with E-state index in [2.05, 4.69) is 10.4 Å². The molecule has 0 radical (unpaired) electrons. The quantitative estimate of drug-likeness (QED) is 0.913. The van der Waals surface area contributed by atoms with E-state index in [0.29, 0.717) is 6.54 Å². The third kappa shape index (κ3) is 3.84. The molecular weight excluding hydrogens is 267 g/mol. The molecule has 0 aliphatic heterocycles. The third-order valence-corrected chi connectivity index (χ3v) is 3.09. The first-order valence-electron chi connectivity index (χ1n) is 6.35. The molecule has 20 heavy (non-hydrogen) atoms. The van der Waals surface area contributed by atoms with Gasteiger partial charge in [-0.05, 0) is 30.7 Å². The minimum absolute atomic E-state index is 0.00662. The van der Waals surface area contributed by atoms with Crippen LogP contribution in [0.5, 0.6) is 0 Å². The van der Waals surface area contributed by atoms with Crippen molar-refractivity contribution in [3.05, 3.63) is 53.9 Å². The minimum Gasteiger partial charge on any atom is -0.308 e. The summed E-state index contributed by atoms with van der Waals surface area (Å²) in [5, 5.41) is 7.33. The molecule has 1 aromatic heterocycles.